The van der Waals surface area contributed by atoms with E-state index >= 15 is 0 Å². The largest absolute Gasteiger partial charge is 0.459 e. The van der Waals surface area contributed by atoms with E-state index in [0.717, 1.165) is 11.8 Å². The number of aromatic nitrogens is 2. The number of fused-ring (bicyclic) bond motifs is 3. The van der Waals surface area contributed by atoms with E-state index in [2.05, 4.69) is 4.98 Å². The first-order valence-electron chi connectivity index (χ1n) is 7.80. The van der Waals surface area contributed by atoms with Crippen molar-refractivity contribution in [1.82, 2.24) is 9.38 Å². The van der Waals surface area contributed by atoms with Gasteiger partial charge in [-0.3, -0.25) is 14.0 Å². The second-order valence-corrected chi connectivity index (χ2v) is 7.31. The maximum absolute atomic E-state index is 12.0. The molecule has 2 heterocycles. The maximum Gasteiger partial charge on any atom is 0.306 e. The van der Waals surface area contributed by atoms with Crippen molar-refractivity contribution in [3.05, 3.63) is 33.7 Å². The van der Waals surface area contributed by atoms with Crippen molar-refractivity contribution in [3.63, 3.8) is 0 Å². The van der Waals surface area contributed by atoms with Crippen molar-refractivity contribution >= 4 is 22.3 Å². The van der Waals surface area contributed by atoms with E-state index in [9.17, 15) is 9.59 Å². The average molecular weight is 318 g/mol. The Morgan fingerprint density at radius 1 is 1.41 bits per heavy atom. The van der Waals surface area contributed by atoms with E-state index in [4.69, 9.17) is 4.74 Å². The van der Waals surface area contributed by atoms with Crippen molar-refractivity contribution in [3.8, 4) is 0 Å². The third-order valence-corrected chi connectivity index (χ3v) is 5.81. The van der Waals surface area contributed by atoms with Crippen molar-refractivity contribution < 1.29 is 9.53 Å². The number of hydrogen-bond donors (Lipinski definition) is 0. The van der Waals surface area contributed by atoms with Gasteiger partial charge in [0.15, 0.2) is 4.96 Å². The summed E-state index contributed by atoms with van der Waals surface area (Å²) in [5.41, 5.74) is 0.388. The summed E-state index contributed by atoms with van der Waals surface area (Å²) in [4.78, 5) is 28.8. The highest BCUT2D eigenvalue weighted by molar-refractivity contribution is 7.15. The minimum Gasteiger partial charge on any atom is -0.459 e. The molecule has 116 valence electrons. The predicted molar refractivity (Wildman–Crippen MR) is 82.7 cm³/mol. The number of esters is 1. The van der Waals surface area contributed by atoms with E-state index < -0.39 is 0 Å². The topological polar surface area (TPSA) is 60.7 Å². The number of hydrogen-bond acceptors (Lipinski definition) is 5. The van der Waals surface area contributed by atoms with Gasteiger partial charge in [0.05, 0.1) is 5.69 Å². The minimum atomic E-state index is -0.161. The standard InChI is InChI=1S/C16H18N2O3S/c19-14-8-13(17-16-18(14)3-4-22-16)9-21-15(20)7-12-6-10-1-2-11(12)5-10/h3-4,8,10-12H,1-2,5-7,9H2/t10-,11-,12-/m1/s1. The zero-order chi connectivity index (χ0) is 15.1. The summed E-state index contributed by atoms with van der Waals surface area (Å²) in [6.07, 6.45) is 7.30. The molecule has 22 heavy (non-hydrogen) atoms. The summed E-state index contributed by atoms with van der Waals surface area (Å²) in [6, 6.07) is 1.44. The van der Waals surface area contributed by atoms with Gasteiger partial charge >= 0.3 is 5.97 Å². The number of rotatable bonds is 4. The zero-order valence-corrected chi connectivity index (χ0v) is 13.1. The molecular formula is C16H18N2O3S. The molecule has 5 nitrogen and oxygen atoms in total. The van der Waals surface area contributed by atoms with Gasteiger partial charge in [0.25, 0.3) is 5.56 Å². The van der Waals surface area contributed by atoms with E-state index in [1.807, 2.05) is 5.38 Å². The van der Waals surface area contributed by atoms with Crippen molar-refractivity contribution in [2.45, 2.75) is 38.7 Å². The predicted octanol–water partition coefficient (Wildman–Crippen LogP) is 2.63. The molecule has 0 spiro atoms. The molecule has 0 aromatic carbocycles. The van der Waals surface area contributed by atoms with Crippen LogP contribution in [0.15, 0.2) is 22.4 Å². The molecule has 2 aromatic rings. The van der Waals surface area contributed by atoms with E-state index in [1.165, 1.54) is 47.5 Å². The first kappa shape index (κ1) is 13.9. The molecule has 2 aliphatic rings. The zero-order valence-electron chi connectivity index (χ0n) is 12.2. The number of nitrogens with zero attached hydrogens (tertiary/aromatic N) is 2. The van der Waals surface area contributed by atoms with Gasteiger partial charge in [-0.1, -0.05) is 6.42 Å². The Bertz CT molecular complexity index is 766. The van der Waals surface area contributed by atoms with Gasteiger partial charge in [-0.15, -0.1) is 11.3 Å². The van der Waals surface area contributed by atoms with Crippen LogP contribution in [0.5, 0.6) is 0 Å². The molecule has 2 aromatic heterocycles. The van der Waals surface area contributed by atoms with Crippen LogP contribution in [-0.2, 0) is 16.1 Å². The monoisotopic (exact) mass is 318 g/mol. The van der Waals surface area contributed by atoms with Crippen molar-refractivity contribution in [2.75, 3.05) is 0 Å². The van der Waals surface area contributed by atoms with Crippen LogP contribution in [0.2, 0.25) is 0 Å². The Morgan fingerprint density at radius 2 is 2.32 bits per heavy atom. The third kappa shape index (κ3) is 2.56. The van der Waals surface area contributed by atoms with Gasteiger partial charge < -0.3 is 4.74 Å². The van der Waals surface area contributed by atoms with Gasteiger partial charge in [0.1, 0.15) is 6.61 Å². The summed E-state index contributed by atoms with van der Waals surface area (Å²) in [7, 11) is 0. The lowest BCUT2D eigenvalue weighted by Gasteiger charge is -2.20. The SMILES string of the molecule is O=C(C[C@H]1C[C@@H]2CC[C@@H]1C2)OCc1cc(=O)n2ccsc2n1. The second-order valence-electron chi connectivity index (χ2n) is 6.44. The Labute approximate surface area is 131 Å². The molecule has 0 amide bonds. The molecule has 2 aliphatic carbocycles. The molecule has 6 heteroatoms. The lowest BCUT2D eigenvalue weighted by Crippen LogP contribution is -2.18. The first-order valence-corrected chi connectivity index (χ1v) is 8.68. The summed E-state index contributed by atoms with van der Waals surface area (Å²) in [5.74, 6) is 1.91. The smallest absolute Gasteiger partial charge is 0.306 e. The molecule has 4 rings (SSSR count). The minimum absolute atomic E-state index is 0.0866. The maximum atomic E-state index is 12.0. The highest BCUT2D eigenvalue weighted by Crippen LogP contribution is 2.49. The summed E-state index contributed by atoms with van der Waals surface area (Å²) in [5, 5.41) is 1.81. The van der Waals surface area contributed by atoms with Gasteiger partial charge in [0.2, 0.25) is 0 Å². The Kier molecular flexibility index (Phi) is 3.48. The van der Waals surface area contributed by atoms with Crippen LogP contribution in [0.25, 0.3) is 4.96 Å². The fraction of sp³-hybridized carbons (Fsp3) is 0.562. The molecule has 0 N–H and O–H groups in total. The van der Waals surface area contributed by atoms with Crippen LogP contribution in [0.1, 0.15) is 37.8 Å². The van der Waals surface area contributed by atoms with Gasteiger partial charge in [-0.25, -0.2) is 4.98 Å². The molecule has 0 radical (unpaired) electrons. The lowest BCUT2D eigenvalue weighted by molar-refractivity contribution is -0.146. The molecule has 2 bridgehead atoms. The second kappa shape index (κ2) is 5.50. The van der Waals surface area contributed by atoms with Crippen LogP contribution >= 0.6 is 11.3 Å². The number of thiazole rings is 1. The van der Waals surface area contributed by atoms with Gasteiger partial charge in [-0.2, -0.15) is 0 Å². The molecule has 3 atom stereocenters. The van der Waals surface area contributed by atoms with E-state index in [0.29, 0.717) is 23.0 Å². The van der Waals surface area contributed by atoms with E-state index in [-0.39, 0.29) is 18.1 Å². The Hall–Kier alpha value is -1.69. The van der Waals surface area contributed by atoms with Crippen LogP contribution < -0.4 is 5.56 Å². The third-order valence-electron chi connectivity index (χ3n) is 5.05. The van der Waals surface area contributed by atoms with Crippen LogP contribution in [0.3, 0.4) is 0 Å². The van der Waals surface area contributed by atoms with Crippen molar-refractivity contribution in [2.24, 2.45) is 17.8 Å². The van der Waals surface area contributed by atoms with Crippen LogP contribution in [0.4, 0.5) is 0 Å². The molecule has 2 saturated carbocycles. The quantitative estimate of drug-likeness (QED) is 0.813. The number of carbonyl (C=O) groups excluding carboxylic acids is 1. The first-order chi connectivity index (χ1) is 10.7. The summed E-state index contributed by atoms with van der Waals surface area (Å²) >= 11 is 1.40. The van der Waals surface area contributed by atoms with Crippen molar-refractivity contribution in [1.29, 1.82) is 0 Å². The normalized spacial score (nSPS) is 26.6. The Morgan fingerprint density at radius 3 is 3.09 bits per heavy atom. The number of ether oxygens (including phenoxy) is 1. The molecule has 2 fully saturated rings. The Balaban J connectivity index is 1.37. The summed E-state index contributed by atoms with van der Waals surface area (Å²) < 4.78 is 6.82. The van der Waals surface area contributed by atoms with E-state index in [1.54, 1.807) is 6.20 Å². The molecular weight excluding hydrogens is 300 g/mol. The highest BCUT2D eigenvalue weighted by atomic mass is 32.1. The molecule has 0 aliphatic heterocycles. The number of carbonyl (C=O) groups is 1. The lowest BCUT2D eigenvalue weighted by atomic mass is 9.86. The van der Waals surface area contributed by atoms with Gasteiger partial charge in [0, 0.05) is 24.1 Å². The van der Waals surface area contributed by atoms with Crippen LogP contribution in [0, 0.1) is 17.8 Å². The fourth-order valence-electron chi connectivity index (χ4n) is 4.02. The molecule has 0 saturated heterocycles. The van der Waals surface area contributed by atoms with Gasteiger partial charge in [-0.05, 0) is 37.0 Å². The molecule has 0 unspecified atom stereocenters. The van der Waals surface area contributed by atoms with Crippen LogP contribution in [-0.4, -0.2) is 15.4 Å². The average Bonchev–Trinajstić information content (AvgIpc) is 3.20. The summed E-state index contributed by atoms with van der Waals surface area (Å²) in [6.45, 7) is 0.0866. The fourth-order valence-corrected chi connectivity index (χ4v) is 4.75. The highest BCUT2D eigenvalue weighted by Gasteiger charge is 2.40.